The van der Waals surface area contributed by atoms with Gasteiger partial charge in [-0.25, -0.2) is 4.79 Å². The molecule has 0 aliphatic carbocycles. The number of aliphatic carboxylic acids is 1. The summed E-state index contributed by atoms with van der Waals surface area (Å²) in [5.74, 6) is -1.20. The summed E-state index contributed by atoms with van der Waals surface area (Å²) < 4.78 is 10.2. The van der Waals surface area contributed by atoms with Crippen molar-refractivity contribution in [3.8, 4) is 5.75 Å². The number of amides is 1. The van der Waals surface area contributed by atoms with E-state index in [9.17, 15) is 14.7 Å². The third-order valence-corrected chi connectivity index (χ3v) is 3.38. The molecule has 0 aliphatic heterocycles. The Balaban J connectivity index is 2.76. The van der Waals surface area contributed by atoms with Gasteiger partial charge in [-0.05, 0) is 24.1 Å². The fourth-order valence-corrected chi connectivity index (χ4v) is 2.12. The van der Waals surface area contributed by atoms with Gasteiger partial charge in [-0.3, -0.25) is 4.79 Å². The second kappa shape index (κ2) is 9.63. The summed E-state index contributed by atoms with van der Waals surface area (Å²) >= 11 is 0. The van der Waals surface area contributed by atoms with E-state index < -0.39 is 17.9 Å². The summed E-state index contributed by atoms with van der Waals surface area (Å²) in [6.07, 6.45) is 2.07. The van der Waals surface area contributed by atoms with Gasteiger partial charge in [-0.15, -0.1) is 6.58 Å². The first kappa shape index (κ1) is 18.7. The lowest BCUT2D eigenvalue weighted by Crippen LogP contribution is -2.45. The summed E-state index contributed by atoms with van der Waals surface area (Å²) in [6, 6.07) is 6.06. The van der Waals surface area contributed by atoms with Gasteiger partial charge in [0.15, 0.2) is 6.04 Å². The molecule has 0 aromatic heterocycles. The first-order valence-electron chi connectivity index (χ1n) is 7.39. The second-order valence-electron chi connectivity index (χ2n) is 4.96. The number of carbonyl (C=O) groups is 2. The number of benzene rings is 1. The Labute approximate surface area is 136 Å². The molecular weight excluding hydrogens is 298 g/mol. The molecule has 1 aromatic carbocycles. The van der Waals surface area contributed by atoms with Crippen LogP contribution in [-0.4, -0.2) is 43.3 Å². The molecule has 2 atom stereocenters. The van der Waals surface area contributed by atoms with Crippen LogP contribution in [0.1, 0.15) is 24.8 Å². The van der Waals surface area contributed by atoms with Gasteiger partial charge >= 0.3 is 5.97 Å². The number of methoxy groups -OCH3 is 1. The van der Waals surface area contributed by atoms with Gasteiger partial charge in [0.05, 0.1) is 26.2 Å². The second-order valence-corrected chi connectivity index (χ2v) is 4.96. The van der Waals surface area contributed by atoms with Gasteiger partial charge in [0.2, 0.25) is 5.91 Å². The largest absolute Gasteiger partial charge is 0.497 e. The smallest absolute Gasteiger partial charge is 0.328 e. The summed E-state index contributed by atoms with van der Waals surface area (Å²) in [5.41, 5.74) is 0.807. The lowest BCUT2D eigenvalue weighted by molar-refractivity contribution is -0.143. The Morgan fingerprint density at radius 3 is 2.48 bits per heavy atom. The van der Waals surface area contributed by atoms with Crippen LogP contribution in [0.5, 0.6) is 5.75 Å². The molecule has 0 saturated carbocycles. The fourth-order valence-electron chi connectivity index (χ4n) is 2.12. The molecule has 0 radical (unpaired) electrons. The third-order valence-electron chi connectivity index (χ3n) is 3.38. The summed E-state index contributed by atoms with van der Waals surface area (Å²) in [7, 11) is 1.57. The van der Waals surface area contributed by atoms with Crippen LogP contribution in [0, 0.1) is 0 Å². The molecule has 0 saturated heterocycles. The molecule has 0 bridgehead atoms. The zero-order valence-electron chi connectivity index (χ0n) is 13.5. The van der Waals surface area contributed by atoms with E-state index >= 15 is 0 Å². The van der Waals surface area contributed by atoms with Crippen molar-refractivity contribution in [1.29, 1.82) is 0 Å². The van der Waals surface area contributed by atoms with Crippen molar-refractivity contribution in [2.24, 2.45) is 0 Å². The van der Waals surface area contributed by atoms with Crippen LogP contribution in [0.25, 0.3) is 0 Å². The average Bonchev–Trinajstić information content (AvgIpc) is 2.55. The van der Waals surface area contributed by atoms with Crippen molar-refractivity contribution >= 4 is 11.9 Å². The zero-order valence-corrected chi connectivity index (χ0v) is 13.5. The van der Waals surface area contributed by atoms with Crippen molar-refractivity contribution in [1.82, 2.24) is 5.32 Å². The predicted octanol–water partition coefficient (Wildman–Crippen LogP) is 1.96. The molecule has 1 aromatic rings. The normalized spacial score (nSPS) is 13.0. The Morgan fingerprint density at radius 1 is 1.35 bits per heavy atom. The number of carboxylic acid groups (broad SMARTS) is 1. The quantitative estimate of drug-likeness (QED) is 0.508. The number of nitrogens with one attached hydrogen (secondary N) is 1. The minimum atomic E-state index is -1.13. The molecule has 23 heavy (non-hydrogen) atoms. The molecule has 1 rings (SSSR count). The zero-order chi connectivity index (χ0) is 17.2. The number of hydrogen-bond donors (Lipinski definition) is 2. The molecule has 1 amide bonds. The van der Waals surface area contributed by atoms with Gasteiger partial charge in [0, 0.05) is 0 Å². The van der Waals surface area contributed by atoms with Crippen molar-refractivity contribution < 1.29 is 24.2 Å². The summed E-state index contributed by atoms with van der Waals surface area (Å²) in [5, 5.41) is 11.7. The molecular formula is C17H23NO5. The van der Waals surface area contributed by atoms with Gasteiger partial charge in [-0.2, -0.15) is 0 Å². The molecule has 2 N–H and O–H groups in total. The van der Waals surface area contributed by atoms with Crippen LogP contribution in [0.4, 0.5) is 0 Å². The van der Waals surface area contributed by atoms with E-state index in [2.05, 4.69) is 11.9 Å². The van der Waals surface area contributed by atoms with Gasteiger partial charge in [0.1, 0.15) is 5.75 Å². The lowest BCUT2D eigenvalue weighted by Gasteiger charge is -2.20. The number of carbonyl (C=O) groups excluding carboxylic acids is 1. The minimum absolute atomic E-state index is 0.105. The topological polar surface area (TPSA) is 84.9 Å². The molecule has 0 fully saturated rings. The van der Waals surface area contributed by atoms with Crippen LogP contribution in [0.2, 0.25) is 0 Å². The van der Waals surface area contributed by atoms with Crippen LogP contribution < -0.4 is 10.1 Å². The average molecular weight is 321 g/mol. The van der Waals surface area contributed by atoms with E-state index in [4.69, 9.17) is 9.47 Å². The van der Waals surface area contributed by atoms with E-state index in [-0.39, 0.29) is 19.1 Å². The SMILES string of the molecule is C=CCOCC(NC(=O)C(CC)c1ccc(OC)cc1)C(=O)O. The Morgan fingerprint density at radius 2 is 2.00 bits per heavy atom. The Bertz CT molecular complexity index is 526. The Kier molecular flexibility index (Phi) is 7.83. The van der Waals surface area contributed by atoms with Gasteiger partial charge in [-0.1, -0.05) is 25.1 Å². The number of carboxylic acids is 1. The third kappa shape index (κ3) is 5.75. The van der Waals surface area contributed by atoms with Gasteiger partial charge in [0.25, 0.3) is 0 Å². The highest BCUT2D eigenvalue weighted by atomic mass is 16.5. The molecule has 0 heterocycles. The van der Waals surface area contributed by atoms with Crippen molar-refractivity contribution in [2.45, 2.75) is 25.3 Å². The predicted molar refractivity (Wildman–Crippen MR) is 86.6 cm³/mol. The standard InChI is InChI=1S/C17H23NO5/c1-4-10-23-11-15(17(20)21)18-16(19)14(5-2)12-6-8-13(22-3)9-7-12/h4,6-9,14-15H,1,5,10-11H2,2-3H3,(H,18,19)(H,20,21). The maximum absolute atomic E-state index is 12.4. The highest BCUT2D eigenvalue weighted by molar-refractivity contribution is 5.88. The molecule has 126 valence electrons. The number of hydrogen-bond acceptors (Lipinski definition) is 4. The lowest BCUT2D eigenvalue weighted by atomic mass is 9.95. The molecule has 0 spiro atoms. The molecule has 6 heteroatoms. The van der Waals surface area contributed by atoms with E-state index in [0.717, 1.165) is 5.56 Å². The fraction of sp³-hybridized carbons (Fsp3) is 0.412. The monoisotopic (exact) mass is 321 g/mol. The van der Waals surface area contributed by atoms with E-state index in [1.807, 2.05) is 6.92 Å². The Hall–Kier alpha value is -2.34. The van der Waals surface area contributed by atoms with E-state index in [0.29, 0.717) is 12.2 Å². The van der Waals surface area contributed by atoms with Gasteiger partial charge < -0.3 is 19.9 Å². The van der Waals surface area contributed by atoms with Crippen molar-refractivity contribution in [2.75, 3.05) is 20.3 Å². The maximum atomic E-state index is 12.4. The maximum Gasteiger partial charge on any atom is 0.328 e. The first-order chi connectivity index (χ1) is 11.0. The molecule has 2 unspecified atom stereocenters. The highest BCUT2D eigenvalue weighted by Crippen LogP contribution is 2.22. The number of rotatable bonds is 10. The van der Waals surface area contributed by atoms with Crippen LogP contribution >= 0.6 is 0 Å². The van der Waals surface area contributed by atoms with Crippen LogP contribution in [0.3, 0.4) is 0 Å². The molecule has 0 aliphatic rings. The van der Waals surface area contributed by atoms with E-state index in [1.54, 1.807) is 31.4 Å². The van der Waals surface area contributed by atoms with E-state index in [1.165, 1.54) is 6.08 Å². The minimum Gasteiger partial charge on any atom is -0.497 e. The van der Waals surface area contributed by atoms with Crippen LogP contribution in [0.15, 0.2) is 36.9 Å². The first-order valence-corrected chi connectivity index (χ1v) is 7.39. The van der Waals surface area contributed by atoms with Crippen LogP contribution in [-0.2, 0) is 14.3 Å². The highest BCUT2D eigenvalue weighted by Gasteiger charge is 2.25. The number of ether oxygens (including phenoxy) is 2. The summed E-state index contributed by atoms with van der Waals surface area (Å²) in [6.45, 7) is 5.49. The van der Waals surface area contributed by atoms with Crippen molar-refractivity contribution in [3.05, 3.63) is 42.5 Å². The molecule has 6 nitrogen and oxygen atoms in total. The summed E-state index contributed by atoms with van der Waals surface area (Å²) in [4.78, 5) is 23.6. The van der Waals surface area contributed by atoms with Crippen molar-refractivity contribution in [3.63, 3.8) is 0 Å².